The molecule has 0 unspecified atom stereocenters. The number of benzene rings is 2. The molecule has 2 aromatic carbocycles. The van der Waals surface area contributed by atoms with Gasteiger partial charge in [0.05, 0.1) is 11.0 Å². The summed E-state index contributed by atoms with van der Waals surface area (Å²) in [6.45, 7) is 6.18. The highest BCUT2D eigenvalue weighted by atomic mass is 35.5. The van der Waals surface area contributed by atoms with Crippen molar-refractivity contribution in [2.75, 3.05) is 25.0 Å². The van der Waals surface area contributed by atoms with Gasteiger partial charge in [0.25, 0.3) is 0 Å². The standard InChI is InChI=1S/C27H35ClN4O4/c1-4-19-9-11-21(12-10-19)31-25(35)36-18-27(13-15-32(16-14-27)24(34)26(2,3)29)23(33)30-17-20-7-5-6-8-22(20)28/h5-12H,4,13-18,29H2,1-3H3,(H,30,33)(H,31,35). The number of hydrogen-bond donors (Lipinski definition) is 3. The molecule has 1 saturated heterocycles. The number of hydrogen-bond acceptors (Lipinski definition) is 5. The van der Waals surface area contributed by atoms with Crippen molar-refractivity contribution in [1.82, 2.24) is 10.2 Å². The van der Waals surface area contributed by atoms with E-state index in [-0.39, 0.29) is 25.0 Å². The lowest BCUT2D eigenvalue weighted by atomic mass is 9.77. The van der Waals surface area contributed by atoms with Crippen molar-refractivity contribution in [2.24, 2.45) is 11.1 Å². The highest BCUT2D eigenvalue weighted by Crippen LogP contribution is 2.33. The average molecular weight is 515 g/mol. The summed E-state index contributed by atoms with van der Waals surface area (Å²) in [4.78, 5) is 40.3. The van der Waals surface area contributed by atoms with Gasteiger partial charge in [0.15, 0.2) is 0 Å². The molecule has 8 nitrogen and oxygen atoms in total. The molecule has 9 heteroatoms. The summed E-state index contributed by atoms with van der Waals surface area (Å²) in [6, 6.07) is 14.8. The summed E-state index contributed by atoms with van der Waals surface area (Å²) in [6.07, 6.45) is 0.930. The fraction of sp³-hybridized carbons (Fsp3) is 0.444. The second-order valence-corrected chi connectivity index (χ2v) is 10.2. The Labute approximate surface area is 217 Å². The Bertz CT molecular complexity index is 1070. The van der Waals surface area contributed by atoms with Gasteiger partial charge >= 0.3 is 6.09 Å². The van der Waals surface area contributed by atoms with Crippen LogP contribution in [0.2, 0.25) is 5.02 Å². The number of ether oxygens (including phenoxy) is 1. The van der Waals surface area contributed by atoms with Crippen LogP contribution < -0.4 is 16.4 Å². The smallest absolute Gasteiger partial charge is 0.411 e. The molecule has 1 fully saturated rings. The van der Waals surface area contributed by atoms with E-state index in [2.05, 4.69) is 17.6 Å². The van der Waals surface area contributed by atoms with E-state index in [0.717, 1.165) is 17.5 Å². The van der Waals surface area contributed by atoms with Gasteiger partial charge in [-0.3, -0.25) is 14.9 Å². The number of nitrogens with zero attached hydrogens (tertiary/aromatic N) is 1. The highest BCUT2D eigenvalue weighted by Gasteiger charge is 2.44. The van der Waals surface area contributed by atoms with Gasteiger partial charge in [-0.05, 0) is 62.4 Å². The minimum atomic E-state index is -1.00. The monoisotopic (exact) mass is 514 g/mol. The van der Waals surface area contributed by atoms with Crippen molar-refractivity contribution < 1.29 is 19.1 Å². The van der Waals surface area contributed by atoms with Crippen molar-refractivity contribution >= 4 is 35.2 Å². The molecule has 194 valence electrons. The number of nitrogens with two attached hydrogens (primary N) is 1. The van der Waals surface area contributed by atoms with Crippen LogP contribution in [-0.2, 0) is 27.3 Å². The zero-order valence-corrected chi connectivity index (χ0v) is 21.9. The lowest BCUT2D eigenvalue weighted by Crippen LogP contribution is -2.57. The minimum Gasteiger partial charge on any atom is -0.448 e. The fourth-order valence-electron chi connectivity index (χ4n) is 4.17. The van der Waals surface area contributed by atoms with E-state index < -0.39 is 17.0 Å². The quantitative estimate of drug-likeness (QED) is 0.490. The molecule has 1 heterocycles. The van der Waals surface area contributed by atoms with Gasteiger partial charge in [-0.1, -0.05) is 48.9 Å². The predicted octanol–water partition coefficient (Wildman–Crippen LogP) is 4.11. The van der Waals surface area contributed by atoms with Crippen LogP contribution in [0.3, 0.4) is 0 Å². The van der Waals surface area contributed by atoms with E-state index in [9.17, 15) is 14.4 Å². The number of rotatable bonds is 8. The van der Waals surface area contributed by atoms with Crippen molar-refractivity contribution in [3.05, 3.63) is 64.7 Å². The third kappa shape index (κ3) is 6.98. The maximum absolute atomic E-state index is 13.4. The zero-order chi connectivity index (χ0) is 26.3. The van der Waals surface area contributed by atoms with Crippen LogP contribution in [0.5, 0.6) is 0 Å². The zero-order valence-electron chi connectivity index (χ0n) is 21.1. The molecule has 3 amide bonds. The highest BCUT2D eigenvalue weighted by molar-refractivity contribution is 6.31. The molecule has 3 rings (SSSR count). The molecule has 0 aromatic heterocycles. The van der Waals surface area contributed by atoms with E-state index in [4.69, 9.17) is 22.1 Å². The second kappa shape index (κ2) is 11.8. The number of piperidine rings is 1. The molecule has 4 N–H and O–H groups in total. The normalized spacial score (nSPS) is 15.2. The largest absolute Gasteiger partial charge is 0.448 e. The van der Waals surface area contributed by atoms with Gasteiger partial charge in [0.2, 0.25) is 11.8 Å². The summed E-state index contributed by atoms with van der Waals surface area (Å²) < 4.78 is 5.54. The first-order valence-electron chi connectivity index (χ1n) is 12.2. The van der Waals surface area contributed by atoms with Gasteiger partial charge in [-0.15, -0.1) is 0 Å². The lowest BCUT2D eigenvalue weighted by Gasteiger charge is -2.41. The maximum Gasteiger partial charge on any atom is 0.411 e. The maximum atomic E-state index is 13.4. The van der Waals surface area contributed by atoms with Crippen molar-refractivity contribution in [3.63, 3.8) is 0 Å². The summed E-state index contributed by atoms with van der Waals surface area (Å²) in [5.74, 6) is -0.427. The van der Waals surface area contributed by atoms with E-state index >= 15 is 0 Å². The van der Waals surface area contributed by atoms with Crippen molar-refractivity contribution in [1.29, 1.82) is 0 Å². The Balaban J connectivity index is 1.68. The summed E-state index contributed by atoms with van der Waals surface area (Å²) in [7, 11) is 0. The average Bonchev–Trinajstić information content (AvgIpc) is 2.86. The van der Waals surface area contributed by atoms with Gasteiger partial charge < -0.3 is 20.7 Å². The van der Waals surface area contributed by atoms with Crippen molar-refractivity contribution in [2.45, 2.75) is 52.1 Å². The van der Waals surface area contributed by atoms with E-state index in [1.165, 1.54) is 0 Å². The van der Waals surface area contributed by atoms with E-state index in [0.29, 0.717) is 36.6 Å². The molecule has 0 aliphatic carbocycles. The molecule has 1 aliphatic rings. The first kappa shape index (κ1) is 27.5. The number of carbonyl (C=O) groups excluding carboxylic acids is 3. The number of amides is 3. The van der Waals surface area contributed by atoms with Crippen molar-refractivity contribution in [3.8, 4) is 0 Å². The topological polar surface area (TPSA) is 114 Å². The van der Waals surface area contributed by atoms with Gasteiger partial charge in [-0.25, -0.2) is 4.79 Å². The first-order valence-corrected chi connectivity index (χ1v) is 12.5. The molecule has 0 bridgehead atoms. The summed E-state index contributed by atoms with van der Waals surface area (Å²) in [5, 5.41) is 6.21. The van der Waals surface area contributed by atoms with Crippen LogP contribution >= 0.6 is 11.6 Å². The molecule has 1 aliphatic heterocycles. The minimum absolute atomic E-state index is 0.117. The number of nitrogens with one attached hydrogen (secondary N) is 2. The number of anilines is 1. The molecular weight excluding hydrogens is 480 g/mol. The molecule has 0 radical (unpaired) electrons. The van der Waals surface area contributed by atoms with Crippen LogP contribution in [0.1, 0.15) is 44.7 Å². The van der Waals surface area contributed by atoms with Gasteiger partial charge in [0, 0.05) is 30.3 Å². The van der Waals surface area contributed by atoms with Crippen LogP contribution in [-0.4, -0.2) is 48.0 Å². The molecule has 0 spiro atoms. The third-order valence-electron chi connectivity index (χ3n) is 6.53. The number of likely N-dealkylation sites (tertiary alicyclic amines) is 1. The van der Waals surface area contributed by atoms with Crippen LogP contribution in [0, 0.1) is 5.41 Å². The molecule has 0 atom stereocenters. The second-order valence-electron chi connectivity index (χ2n) is 9.82. The SMILES string of the molecule is CCc1ccc(NC(=O)OCC2(C(=O)NCc3ccccc3Cl)CCN(C(=O)C(C)(C)N)CC2)cc1. The van der Waals surface area contributed by atoms with Gasteiger partial charge in [-0.2, -0.15) is 0 Å². The van der Waals surface area contributed by atoms with Crippen LogP contribution in [0.25, 0.3) is 0 Å². The third-order valence-corrected chi connectivity index (χ3v) is 6.89. The van der Waals surface area contributed by atoms with E-state index in [1.807, 2.05) is 42.5 Å². The first-order chi connectivity index (χ1) is 17.0. The van der Waals surface area contributed by atoms with Crippen LogP contribution in [0.15, 0.2) is 48.5 Å². The Morgan fingerprint density at radius 1 is 1.08 bits per heavy atom. The molecule has 0 saturated carbocycles. The number of aryl methyl sites for hydroxylation is 1. The Hall–Kier alpha value is -3.10. The Morgan fingerprint density at radius 3 is 2.31 bits per heavy atom. The molecule has 36 heavy (non-hydrogen) atoms. The van der Waals surface area contributed by atoms with Crippen LogP contribution in [0.4, 0.5) is 10.5 Å². The fourth-order valence-corrected chi connectivity index (χ4v) is 4.37. The Kier molecular flexibility index (Phi) is 8.98. The number of carbonyl (C=O) groups is 3. The number of halogens is 1. The molecular formula is C27H35ClN4O4. The summed E-state index contributed by atoms with van der Waals surface area (Å²) in [5.41, 5.74) is 6.56. The lowest BCUT2D eigenvalue weighted by molar-refractivity contribution is -0.145. The van der Waals surface area contributed by atoms with E-state index in [1.54, 1.807) is 24.8 Å². The summed E-state index contributed by atoms with van der Waals surface area (Å²) >= 11 is 6.24. The predicted molar refractivity (Wildman–Crippen MR) is 141 cm³/mol. The Morgan fingerprint density at radius 2 is 1.72 bits per heavy atom. The molecule has 2 aromatic rings. The van der Waals surface area contributed by atoms with Gasteiger partial charge in [0.1, 0.15) is 6.61 Å².